The summed E-state index contributed by atoms with van der Waals surface area (Å²) in [6.07, 6.45) is 0. The number of piperazine rings is 1. The molecule has 1 aromatic heterocycles. The Kier molecular flexibility index (Phi) is 5.25. The quantitative estimate of drug-likeness (QED) is 0.787. The van der Waals surface area contributed by atoms with Gasteiger partial charge in [0.15, 0.2) is 0 Å². The van der Waals surface area contributed by atoms with Crippen molar-refractivity contribution in [3.8, 4) is 11.5 Å². The Morgan fingerprint density at radius 3 is 2.39 bits per heavy atom. The van der Waals surface area contributed by atoms with Gasteiger partial charge in [-0.25, -0.2) is 4.68 Å². The summed E-state index contributed by atoms with van der Waals surface area (Å²) >= 11 is 5.32. The van der Waals surface area contributed by atoms with E-state index in [1.54, 1.807) is 4.68 Å². The van der Waals surface area contributed by atoms with Gasteiger partial charge in [0.1, 0.15) is 0 Å². The predicted molar refractivity (Wildman–Crippen MR) is 93.6 cm³/mol. The molecular formula is C17H24N4OS. The first kappa shape index (κ1) is 16.4. The molecule has 0 aliphatic carbocycles. The van der Waals surface area contributed by atoms with Gasteiger partial charge < -0.3 is 9.32 Å². The van der Waals surface area contributed by atoms with E-state index in [1.807, 2.05) is 30.3 Å². The molecule has 1 saturated heterocycles. The van der Waals surface area contributed by atoms with Crippen LogP contribution in [0.25, 0.3) is 11.5 Å². The molecular weight excluding hydrogens is 308 g/mol. The largest absolute Gasteiger partial charge is 0.409 e. The van der Waals surface area contributed by atoms with Crippen LogP contribution in [-0.4, -0.2) is 52.3 Å². The van der Waals surface area contributed by atoms with Crippen molar-refractivity contribution in [2.75, 3.05) is 32.7 Å². The van der Waals surface area contributed by atoms with E-state index in [-0.39, 0.29) is 0 Å². The molecule has 1 aliphatic rings. The Hall–Kier alpha value is -1.50. The number of nitrogens with zero attached hydrogens (tertiary/aromatic N) is 4. The SMILES string of the molecule is CC(C)CN1CCN(Cn2nc(-c3ccccc3)oc2=S)CC1. The molecule has 0 bridgehead atoms. The molecule has 124 valence electrons. The molecule has 0 amide bonds. The highest BCUT2D eigenvalue weighted by atomic mass is 32.1. The molecule has 2 aromatic rings. The zero-order valence-electron chi connectivity index (χ0n) is 13.8. The van der Waals surface area contributed by atoms with Gasteiger partial charge in [0.25, 0.3) is 4.84 Å². The van der Waals surface area contributed by atoms with Gasteiger partial charge in [-0.1, -0.05) is 32.0 Å². The molecule has 0 spiro atoms. The summed E-state index contributed by atoms with van der Waals surface area (Å²) in [5.41, 5.74) is 0.958. The molecule has 23 heavy (non-hydrogen) atoms. The van der Waals surface area contributed by atoms with Gasteiger partial charge >= 0.3 is 0 Å². The van der Waals surface area contributed by atoms with Gasteiger partial charge in [-0.2, -0.15) is 0 Å². The fourth-order valence-electron chi connectivity index (χ4n) is 2.91. The van der Waals surface area contributed by atoms with Crippen LogP contribution < -0.4 is 0 Å². The van der Waals surface area contributed by atoms with Crippen molar-refractivity contribution in [1.82, 2.24) is 19.6 Å². The normalized spacial score (nSPS) is 17.0. The summed E-state index contributed by atoms with van der Waals surface area (Å²) in [6, 6.07) is 9.89. The Bertz CT molecular complexity index is 671. The summed E-state index contributed by atoms with van der Waals surface area (Å²) in [7, 11) is 0. The van der Waals surface area contributed by atoms with E-state index in [0.29, 0.717) is 17.4 Å². The van der Waals surface area contributed by atoms with Crippen LogP contribution in [0.3, 0.4) is 0 Å². The number of aromatic nitrogens is 2. The van der Waals surface area contributed by atoms with Crippen LogP contribution in [0.1, 0.15) is 13.8 Å². The van der Waals surface area contributed by atoms with Crippen molar-refractivity contribution in [1.29, 1.82) is 0 Å². The minimum absolute atomic E-state index is 0.438. The predicted octanol–water partition coefficient (Wildman–Crippen LogP) is 3.10. The average molecular weight is 332 g/mol. The highest BCUT2D eigenvalue weighted by Gasteiger charge is 2.19. The molecule has 1 fully saturated rings. The molecule has 0 radical (unpaired) electrons. The molecule has 3 rings (SSSR count). The summed E-state index contributed by atoms with van der Waals surface area (Å²) in [6.45, 7) is 10.7. The molecule has 0 unspecified atom stereocenters. The first-order chi connectivity index (χ1) is 11.1. The smallest absolute Gasteiger partial charge is 0.288 e. The van der Waals surface area contributed by atoms with Crippen molar-refractivity contribution in [3.05, 3.63) is 35.2 Å². The van der Waals surface area contributed by atoms with E-state index in [9.17, 15) is 0 Å². The molecule has 0 N–H and O–H groups in total. The zero-order valence-corrected chi connectivity index (χ0v) is 14.6. The Balaban J connectivity index is 1.61. The van der Waals surface area contributed by atoms with Crippen molar-refractivity contribution < 1.29 is 4.42 Å². The van der Waals surface area contributed by atoms with Gasteiger partial charge in [0.05, 0.1) is 6.67 Å². The Morgan fingerprint density at radius 1 is 1.09 bits per heavy atom. The molecule has 0 saturated carbocycles. The van der Waals surface area contributed by atoms with Gasteiger partial charge in [-0.15, -0.1) is 5.10 Å². The van der Waals surface area contributed by atoms with Crippen molar-refractivity contribution in [2.24, 2.45) is 5.92 Å². The topological polar surface area (TPSA) is 37.4 Å². The third-order valence-corrected chi connectivity index (χ3v) is 4.34. The number of benzene rings is 1. The first-order valence-electron chi connectivity index (χ1n) is 8.20. The number of hydrogen-bond donors (Lipinski definition) is 0. The standard InChI is InChI=1S/C17H24N4OS/c1-14(2)12-19-8-10-20(11-9-19)13-21-17(23)22-16(18-21)15-6-4-3-5-7-15/h3-7,14H,8-13H2,1-2H3. The van der Waals surface area contributed by atoms with Crippen LogP contribution in [0.15, 0.2) is 34.7 Å². The van der Waals surface area contributed by atoms with Crippen LogP contribution in [0.5, 0.6) is 0 Å². The van der Waals surface area contributed by atoms with Crippen LogP contribution in [0.4, 0.5) is 0 Å². The van der Waals surface area contributed by atoms with Crippen molar-refractivity contribution in [2.45, 2.75) is 20.5 Å². The van der Waals surface area contributed by atoms with Crippen LogP contribution >= 0.6 is 12.2 Å². The summed E-state index contributed by atoms with van der Waals surface area (Å²) in [4.78, 5) is 5.34. The van der Waals surface area contributed by atoms with Crippen LogP contribution in [0, 0.1) is 10.8 Å². The minimum atomic E-state index is 0.438. The lowest BCUT2D eigenvalue weighted by atomic mass is 10.2. The second-order valence-electron chi connectivity index (χ2n) is 6.49. The summed E-state index contributed by atoms with van der Waals surface area (Å²) in [5.74, 6) is 1.31. The lowest BCUT2D eigenvalue weighted by molar-refractivity contribution is 0.0944. The lowest BCUT2D eigenvalue weighted by Crippen LogP contribution is -2.47. The molecule has 1 aromatic carbocycles. The maximum Gasteiger partial charge on any atom is 0.288 e. The third kappa shape index (κ3) is 4.28. The van der Waals surface area contributed by atoms with Crippen LogP contribution in [-0.2, 0) is 6.67 Å². The molecule has 0 atom stereocenters. The monoisotopic (exact) mass is 332 g/mol. The number of rotatable bonds is 5. The fraction of sp³-hybridized carbons (Fsp3) is 0.529. The third-order valence-electron chi connectivity index (χ3n) is 4.05. The Morgan fingerprint density at radius 2 is 1.74 bits per heavy atom. The first-order valence-corrected chi connectivity index (χ1v) is 8.61. The van der Waals surface area contributed by atoms with E-state index in [1.165, 1.54) is 6.54 Å². The van der Waals surface area contributed by atoms with E-state index in [4.69, 9.17) is 16.6 Å². The van der Waals surface area contributed by atoms with Gasteiger partial charge in [0.2, 0.25) is 5.89 Å². The van der Waals surface area contributed by atoms with Crippen molar-refractivity contribution in [3.63, 3.8) is 0 Å². The lowest BCUT2D eigenvalue weighted by Gasteiger charge is -2.35. The van der Waals surface area contributed by atoms with Gasteiger partial charge in [0, 0.05) is 38.3 Å². The molecule has 2 heterocycles. The second kappa shape index (κ2) is 7.38. The Labute approximate surface area is 142 Å². The molecule has 6 heteroatoms. The van der Waals surface area contributed by atoms with Crippen LogP contribution in [0.2, 0.25) is 0 Å². The maximum absolute atomic E-state index is 5.65. The van der Waals surface area contributed by atoms with E-state index < -0.39 is 0 Å². The molecule has 1 aliphatic heterocycles. The fourth-order valence-corrected chi connectivity index (χ4v) is 3.09. The van der Waals surface area contributed by atoms with E-state index >= 15 is 0 Å². The van der Waals surface area contributed by atoms with Gasteiger partial charge in [-0.05, 0) is 30.3 Å². The van der Waals surface area contributed by atoms with Crippen molar-refractivity contribution >= 4 is 12.2 Å². The average Bonchev–Trinajstić information content (AvgIpc) is 2.91. The maximum atomic E-state index is 5.65. The summed E-state index contributed by atoms with van der Waals surface area (Å²) in [5, 5.41) is 4.53. The highest BCUT2D eigenvalue weighted by Crippen LogP contribution is 2.17. The summed E-state index contributed by atoms with van der Waals surface area (Å²) < 4.78 is 7.43. The van der Waals surface area contributed by atoms with E-state index in [0.717, 1.165) is 37.7 Å². The highest BCUT2D eigenvalue weighted by molar-refractivity contribution is 7.71. The number of hydrogen-bond acceptors (Lipinski definition) is 5. The minimum Gasteiger partial charge on any atom is -0.409 e. The molecule has 5 nitrogen and oxygen atoms in total. The van der Waals surface area contributed by atoms with E-state index in [2.05, 4.69) is 28.7 Å². The van der Waals surface area contributed by atoms with Gasteiger partial charge in [-0.3, -0.25) is 4.90 Å². The second-order valence-corrected chi connectivity index (χ2v) is 6.84. The zero-order chi connectivity index (χ0) is 16.2.